The number of nitrogens with one attached hydrogen (secondary N) is 2. The molecule has 0 aliphatic carbocycles. The zero-order valence-electron chi connectivity index (χ0n) is 12.7. The van der Waals surface area contributed by atoms with Crippen molar-refractivity contribution in [3.63, 3.8) is 0 Å². The average molecular weight is 362 g/mol. The number of carbonyl (C=O) groups excluding carboxylic acids is 1. The summed E-state index contributed by atoms with van der Waals surface area (Å²) < 4.78 is 55.0. The number of sulfonamides is 1. The highest BCUT2D eigenvalue weighted by Gasteiger charge is 2.31. The van der Waals surface area contributed by atoms with Crippen LogP contribution in [-0.2, 0) is 24.7 Å². The minimum absolute atomic E-state index is 0.0228. The first-order valence-corrected chi connectivity index (χ1v) is 10.1. The molecule has 1 fully saturated rings. The van der Waals surface area contributed by atoms with Crippen molar-refractivity contribution in [3.05, 3.63) is 18.2 Å². The van der Waals surface area contributed by atoms with Crippen LogP contribution >= 0.6 is 0 Å². The molecule has 0 bridgehead atoms. The molecule has 1 heterocycles. The zero-order valence-corrected chi connectivity index (χ0v) is 14.3. The van der Waals surface area contributed by atoms with E-state index in [0.717, 1.165) is 0 Å². The fourth-order valence-electron chi connectivity index (χ4n) is 2.31. The van der Waals surface area contributed by atoms with Gasteiger partial charge in [0.25, 0.3) is 0 Å². The summed E-state index contributed by atoms with van der Waals surface area (Å²) in [5.41, 5.74) is 0.349. The van der Waals surface area contributed by atoms with Gasteiger partial charge in [0.15, 0.2) is 9.84 Å². The second kappa shape index (κ2) is 6.46. The second-order valence-corrected chi connectivity index (χ2v) is 9.21. The summed E-state index contributed by atoms with van der Waals surface area (Å²) in [6, 6.07) is 3.38. The first kappa shape index (κ1) is 17.7. The van der Waals surface area contributed by atoms with Crippen molar-refractivity contribution in [2.24, 2.45) is 0 Å². The van der Waals surface area contributed by atoms with Crippen LogP contribution in [0.25, 0.3) is 0 Å². The molecule has 0 saturated carbocycles. The number of amides is 1. The molecule has 0 spiro atoms. The Morgan fingerprint density at radius 1 is 1.35 bits per heavy atom. The van der Waals surface area contributed by atoms with E-state index in [2.05, 4.69) is 10.0 Å². The van der Waals surface area contributed by atoms with Gasteiger partial charge in [-0.25, -0.2) is 21.6 Å². The van der Waals surface area contributed by atoms with Crippen molar-refractivity contribution >= 4 is 31.5 Å². The van der Waals surface area contributed by atoms with Gasteiger partial charge in [0.1, 0.15) is 5.75 Å². The molecule has 2 rings (SSSR count). The highest BCUT2D eigenvalue weighted by Crippen LogP contribution is 2.28. The molecule has 1 amide bonds. The lowest BCUT2D eigenvalue weighted by Gasteiger charge is -2.14. The Morgan fingerprint density at radius 2 is 2.04 bits per heavy atom. The van der Waals surface area contributed by atoms with E-state index in [0.29, 0.717) is 5.69 Å². The second-order valence-electron chi connectivity index (χ2n) is 5.26. The monoisotopic (exact) mass is 362 g/mol. The summed E-state index contributed by atoms with van der Waals surface area (Å²) in [6.45, 7) is 1.33. The van der Waals surface area contributed by atoms with Crippen LogP contribution in [0.4, 0.5) is 5.69 Å². The molecule has 128 valence electrons. The maximum atomic E-state index is 12.4. The number of sulfone groups is 1. The normalized spacial score (nSPS) is 20.2. The Hall–Kier alpha value is -1.65. The van der Waals surface area contributed by atoms with Crippen LogP contribution in [0.2, 0.25) is 0 Å². The van der Waals surface area contributed by atoms with Crippen LogP contribution in [0.5, 0.6) is 5.75 Å². The fourth-order valence-corrected chi connectivity index (χ4v) is 5.37. The van der Waals surface area contributed by atoms with Crippen molar-refractivity contribution in [3.8, 4) is 5.75 Å². The Bertz CT molecular complexity index is 817. The molecule has 0 unspecified atom stereocenters. The number of ether oxygens (including phenoxy) is 1. The van der Waals surface area contributed by atoms with Crippen LogP contribution in [0.1, 0.15) is 13.3 Å². The molecule has 1 aromatic carbocycles. The molecule has 0 radical (unpaired) electrons. The van der Waals surface area contributed by atoms with Gasteiger partial charge in [0, 0.05) is 19.0 Å². The van der Waals surface area contributed by atoms with E-state index in [1.807, 2.05) is 0 Å². The minimum Gasteiger partial charge on any atom is -0.495 e. The summed E-state index contributed by atoms with van der Waals surface area (Å²) in [5.74, 6) is -0.339. The molecule has 1 aromatic rings. The van der Waals surface area contributed by atoms with Gasteiger partial charge >= 0.3 is 0 Å². The molecule has 1 saturated heterocycles. The maximum absolute atomic E-state index is 12.4. The first-order chi connectivity index (χ1) is 10.6. The molecular formula is C13H18N2O6S2. The lowest BCUT2D eigenvalue weighted by Crippen LogP contribution is -2.35. The number of methoxy groups -OCH3 is 1. The highest BCUT2D eigenvalue weighted by atomic mass is 32.2. The lowest BCUT2D eigenvalue weighted by atomic mass is 10.3. The van der Waals surface area contributed by atoms with Gasteiger partial charge in [-0.1, -0.05) is 0 Å². The molecule has 2 N–H and O–H groups in total. The van der Waals surface area contributed by atoms with Gasteiger partial charge in [-0.3, -0.25) is 4.79 Å². The van der Waals surface area contributed by atoms with E-state index in [1.54, 1.807) is 0 Å². The summed E-state index contributed by atoms with van der Waals surface area (Å²) in [6.07, 6.45) is 0.253. The standard InChI is InChI=1S/C13H18N2O6S2/c1-9(16)14-12-4-3-11(7-13(12)21-2)23(19,20)15-10-5-6-22(17,18)8-10/h3-4,7,10,15H,5-6,8H2,1-2H3,(H,14,16)/t10-/m0/s1. The number of carbonyl (C=O) groups is 1. The predicted octanol–water partition coefficient (Wildman–Crippen LogP) is 0.119. The Balaban J connectivity index is 2.24. The quantitative estimate of drug-likeness (QED) is 0.768. The van der Waals surface area contributed by atoms with Gasteiger partial charge in [0.05, 0.1) is 29.2 Å². The summed E-state index contributed by atoms with van der Waals surface area (Å²) in [4.78, 5) is 11.0. The largest absolute Gasteiger partial charge is 0.495 e. The Kier molecular flexibility index (Phi) is 4.97. The maximum Gasteiger partial charge on any atom is 0.240 e. The molecule has 1 aliphatic heterocycles. The molecular weight excluding hydrogens is 344 g/mol. The van der Waals surface area contributed by atoms with Gasteiger partial charge in [-0.05, 0) is 18.6 Å². The molecule has 23 heavy (non-hydrogen) atoms. The molecule has 10 heteroatoms. The van der Waals surface area contributed by atoms with Crippen molar-refractivity contribution in [1.82, 2.24) is 4.72 Å². The summed E-state index contributed by atoms with van der Waals surface area (Å²) in [7, 11) is -5.71. The van der Waals surface area contributed by atoms with Crippen LogP contribution in [-0.4, -0.2) is 47.4 Å². The lowest BCUT2D eigenvalue weighted by molar-refractivity contribution is -0.114. The van der Waals surface area contributed by atoms with E-state index < -0.39 is 25.9 Å². The van der Waals surface area contributed by atoms with E-state index in [1.165, 1.54) is 32.2 Å². The van der Waals surface area contributed by atoms with Crippen LogP contribution in [0.15, 0.2) is 23.1 Å². The van der Waals surface area contributed by atoms with Gasteiger partial charge < -0.3 is 10.1 Å². The molecule has 8 nitrogen and oxygen atoms in total. The van der Waals surface area contributed by atoms with Gasteiger partial charge in [-0.2, -0.15) is 0 Å². The third kappa shape index (κ3) is 4.43. The fraction of sp³-hybridized carbons (Fsp3) is 0.462. The van der Waals surface area contributed by atoms with E-state index in [9.17, 15) is 21.6 Å². The SMILES string of the molecule is COc1cc(S(=O)(=O)N[C@H]2CCS(=O)(=O)C2)ccc1NC(C)=O. The number of rotatable bonds is 5. The average Bonchev–Trinajstić information content (AvgIpc) is 2.76. The van der Waals surface area contributed by atoms with E-state index >= 15 is 0 Å². The number of hydrogen-bond acceptors (Lipinski definition) is 6. The number of benzene rings is 1. The minimum atomic E-state index is -3.88. The molecule has 1 atom stereocenters. The third-order valence-corrected chi connectivity index (χ3v) is 6.63. The van der Waals surface area contributed by atoms with Crippen molar-refractivity contribution in [1.29, 1.82) is 0 Å². The highest BCUT2D eigenvalue weighted by molar-refractivity contribution is 7.92. The first-order valence-electron chi connectivity index (χ1n) is 6.81. The van der Waals surface area contributed by atoms with Crippen LogP contribution in [0, 0.1) is 0 Å². The van der Waals surface area contributed by atoms with Crippen molar-refractivity contribution in [2.75, 3.05) is 23.9 Å². The summed E-state index contributed by atoms with van der Waals surface area (Å²) in [5, 5.41) is 2.53. The Labute approximate surface area is 135 Å². The molecule has 1 aliphatic rings. The van der Waals surface area contributed by atoms with E-state index in [4.69, 9.17) is 4.74 Å². The topological polar surface area (TPSA) is 119 Å². The van der Waals surface area contributed by atoms with Gasteiger partial charge in [-0.15, -0.1) is 0 Å². The van der Waals surface area contributed by atoms with Crippen molar-refractivity contribution < 1.29 is 26.4 Å². The Morgan fingerprint density at radius 3 is 2.57 bits per heavy atom. The predicted molar refractivity (Wildman–Crippen MR) is 84.7 cm³/mol. The van der Waals surface area contributed by atoms with Crippen LogP contribution < -0.4 is 14.8 Å². The van der Waals surface area contributed by atoms with Crippen molar-refractivity contribution in [2.45, 2.75) is 24.3 Å². The smallest absolute Gasteiger partial charge is 0.240 e. The van der Waals surface area contributed by atoms with Gasteiger partial charge in [0.2, 0.25) is 15.9 Å². The number of anilines is 1. The number of hydrogen-bond donors (Lipinski definition) is 2. The zero-order chi connectivity index (χ0) is 17.3. The third-order valence-electron chi connectivity index (χ3n) is 3.35. The molecule has 0 aromatic heterocycles. The van der Waals surface area contributed by atoms with Crippen LogP contribution in [0.3, 0.4) is 0 Å². The summed E-state index contributed by atoms with van der Waals surface area (Å²) >= 11 is 0. The van der Waals surface area contributed by atoms with E-state index in [-0.39, 0.29) is 34.5 Å².